The molecule has 1 heterocycles. The number of hydrogen-bond donors (Lipinski definition) is 0. The van der Waals surface area contributed by atoms with Crippen LogP contribution in [-0.2, 0) is 35.8 Å². The van der Waals surface area contributed by atoms with E-state index in [4.69, 9.17) is 6.58 Å². The minimum atomic E-state index is -3.83. The Kier molecular flexibility index (Phi) is 5.74. The molecular formula is C21H20NO2SW-. The number of benzene rings is 2. The van der Waals surface area contributed by atoms with Gasteiger partial charge in [0.15, 0.2) is 0 Å². The zero-order valence-corrected chi connectivity index (χ0v) is 18.2. The van der Waals surface area contributed by atoms with Crippen molar-refractivity contribution in [2.24, 2.45) is 0 Å². The maximum absolute atomic E-state index is 13.4. The molecule has 0 aromatic heterocycles. The van der Waals surface area contributed by atoms with E-state index in [2.05, 4.69) is 0 Å². The molecule has 2 aromatic rings. The SMILES string of the molecule is [CH-]=C(/C=C\[C](C)=[W])S(=O)(=O)N1c2ccccc2CCC1c1ccccc1. The molecule has 0 spiro atoms. The number of aryl methyl sites for hydroxylation is 1. The van der Waals surface area contributed by atoms with E-state index in [1.54, 1.807) is 6.08 Å². The number of fused-ring (bicyclic) bond motifs is 1. The number of anilines is 1. The first-order valence-electron chi connectivity index (χ1n) is 8.39. The standard InChI is InChI=1S/C21H20NO2S.W/c1-3-4-10-17(2)25(23,24)22-20-14-9-8-13-19(20)15-16-21(22)18-11-6-5-7-12-18;/h2,4-14,21H,15-16H2,1H3;/q-1;/b10-4-;. The molecule has 1 atom stereocenters. The summed E-state index contributed by atoms with van der Waals surface area (Å²) in [5.74, 6) is 0. The second-order valence-electron chi connectivity index (χ2n) is 6.24. The van der Waals surface area contributed by atoms with Gasteiger partial charge in [0.1, 0.15) is 0 Å². The molecule has 1 aliphatic rings. The van der Waals surface area contributed by atoms with Gasteiger partial charge >= 0.3 is 167 Å². The number of hydrogen-bond acceptors (Lipinski definition) is 2. The van der Waals surface area contributed by atoms with Crippen LogP contribution < -0.4 is 4.31 Å². The molecule has 26 heavy (non-hydrogen) atoms. The van der Waals surface area contributed by atoms with Gasteiger partial charge in [0.05, 0.1) is 0 Å². The Morgan fingerprint density at radius 3 is 2.46 bits per heavy atom. The van der Waals surface area contributed by atoms with Crippen molar-refractivity contribution in [1.82, 2.24) is 0 Å². The quantitative estimate of drug-likeness (QED) is 0.428. The number of allylic oxidation sites excluding steroid dienone is 2. The summed E-state index contributed by atoms with van der Waals surface area (Å²) in [6.07, 6.45) is 4.82. The molecule has 5 heteroatoms. The Bertz CT molecular complexity index is 965. The van der Waals surface area contributed by atoms with Gasteiger partial charge in [-0.05, 0) is 0 Å². The number of sulfonamides is 1. The van der Waals surface area contributed by atoms with Gasteiger partial charge in [-0.25, -0.2) is 0 Å². The van der Waals surface area contributed by atoms with Crippen LogP contribution in [0.4, 0.5) is 5.69 Å². The monoisotopic (exact) mass is 534 g/mol. The van der Waals surface area contributed by atoms with Gasteiger partial charge in [-0.2, -0.15) is 0 Å². The van der Waals surface area contributed by atoms with E-state index in [9.17, 15) is 8.42 Å². The third-order valence-electron chi connectivity index (χ3n) is 4.42. The number of rotatable bonds is 5. The first-order valence-corrected chi connectivity index (χ1v) is 11.3. The molecule has 0 amide bonds. The van der Waals surface area contributed by atoms with Gasteiger partial charge in [0.25, 0.3) is 0 Å². The summed E-state index contributed by atoms with van der Waals surface area (Å²) in [4.78, 5) is -0.129. The third kappa shape index (κ3) is 3.82. The fourth-order valence-electron chi connectivity index (χ4n) is 3.19. The summed E-state index contributed by atoms with van der Waals surface area (Å²) in [7, 11) is -3.83. The van der Waals surface area contributed by atoms with Crippen LogP contribution in [0.25, 0.3) is 0 Å². The van der Waals surface area contributed by atoms with Crippen LogP contribution >= 0.6 is 0 Å². The van der Waals surface area contributed by atoms with Crippen LogP contribution in [0.2, 0.25) is 0 Å². The predicted octanol–water partition coefficient (Wildman–Crippen LogP) is 4.12. The van der Waals surface area contributed by atoms with Gasteiger partial charge < -0.3 is 0 Å². The molecular weight excluding hydrogens is 514 g/mol. The summed E-state index contributed by atoms with van der Waals surface area (Å²) in [6.45, 7) is 7.96. The normalized spacial score (nSPS) is 17.1. The van der Waals surface area contributed by atoms with Crippen LogP contribution in [-0.4, -0.2) is 12.3 Å². The summed E-state index contributed by atoms with van der Waals surface area (Å²) >= 11 is 1.28. The molecule has 1 unspecified atom stereocenters. The van der Waals surface area contributed by atoms with Crippen molar-refractivity contribution in [2.45, 2.75) is 25.8 Å². The summed E-state index contributed by atoms with van der Waals surface area (Å²) in [5.41, 5.74) is 2.72. The van der Waals surface area contributed by atoms with Crippen LogP contribution in [0.3, 0.4) is 0 Å². The zero-order chi connectivity index (χ0) is 18.7. The van der Waals surface area contributed by atoms with Crippen molar-refractivity contribution in [3.05, 3.63) is 89.4 Å². The fraction of sp³-hybridized carbons (Fsp3) is 0.190. The van der Waals surface area contributed by atoms with E-state index < -0.39 is 10.0 Å². The second-order valence-corrected chi connectivity index (χ2v) is 10.4. The van der Waals surface area contributed by atoms with Gasteiger partial charge in [-0.3, -0.25) is 0 Å². The molecule has 0 saturated heterocycles. The number of nitrogens with zero attached hydrogens (tertiary/aromatic N) is 1. The Morgan fingerprint density at radius 1 is 1.12 bits per heavy atom. The molecule has 2 aromatic carbocycles. The molecule has 0 aliphatic carbocycles. The van der Waals surface area contributed by atoms with Crippen LogP contribution in [0.1, 0.15) is 30.5 Å². The van der Waals surface area contributed by atoms with Crippen molar-refractivity contribution >= 4 is 19.6 Å². The molecule has 3 rings (SSSR count). The van der Waals surface area contributed by atoms with Gasteiger partial charge in [-0.1, -0.05) is 0 Å². The Balaban J connectivity index is 2.11. The summed E-state index contributed by atoms with van der Waals surface area (Å²) < 4.78 is 29.3. The predicted molar refractivity (Wildman–Crippen MR) is 103 cm³/mol. The molecule has 0 bridgehead atoms. The van der Waals surface area contributed by atoms with E-state index in [0.29, 0.717) is 5.69 Å². The van der Waals surface area contributed by atoms with E-state index in [1.165, 1.54) is 29.7 Å². The van der Waals surface area contributed by atoms with Crippen LogP contribution in [0, 0.1) is 6.58 Å². The fourth-order valence-corrected chi connectivity index (χ4v) is 4.90. The van der Waals surface area contributed by atoms with Crippen LogP contribution in [0.5, 0.6) is 0 Å². The first-order chi connectivity index (χ1) is 12.4. The summed E-state index contributed by atoms with van der Waals surface area (Å²) in [6, 6.07) is 17.1. The maximum atomic E-state index is 13.4. The van der Waals surface area contributed by atoms with Crippen molar-refractivity contribution in [3.8, 4) is 0 Å². The van der Waals surface area contributed by atoms with Crippen molar-refractivity contribution in [1.29, 1.82) is 0 Å². The number of para-hydroxylation sites is 1. The molecule has 1 aliphatic heterocycles. The van der Waals surface area contributed by atoms with Crippen molar-refractivity contribution in [3.63, 3.8) is 0 Å². The van der Waals surface area contributed by atoms with E-state index in [0.717, 1.165) is 27.9 Å². The molecule has 0 saturated carbocycles. The average molecular weight is 534 g/mol. The van der Waals surface area contributed by atoms with E-state index >= 15 is 0 Å². The van der Waals surface area contributed by atoms with Gasteiger partial charge in [0, 0.05) is 0 Å². The second kappa shape index (κ2) is 7.85. The molecule has 0 radical (unpaired) electrons. The molecule has 134 valence electrons. The minimum absolute atomic E-state index is 0.129. The molecule has 0 N–H and O–H groups in total. The van der Waals surface area contributed by atoms with Crippen LogP contribution in [0.15, 0.2) is 71.7 Å². The Labute approximate surface area is 166 Å². The van der Waals surface area contributed by atoms with Gasteiger partial charge in [-0.15, -0.1) is 0 Å². The summed E-state index contributed by atoms with van der Waals surface area (Å²) in [5, 5.41) is 0. The van der Waals surface area contributed by atoms with Gasteiger partial charge in [0.2, 0.25) is 0 Å². The molecule has 3 nitrogen and oxygen atoms in total. The topological polar surface area (TPSA) is 37.4 Å². The van der Waals surface area contributed by atoms with Crippen molar-refractivity contribution < 1.29 is 27.8 Å². The van der Waals surface area contributed by atoms with Crippen molar-refractivity contribution in [2.75, 3.05) is 4.31 Å². The van der Waals surface area contributed by atoms with E-state index in [1.807, 2.05) is 61.5 Å². The Hall–Kier alpha value is -1.77. The first kappa shape index (κ1) is 19.0. The third-order valence-corrected chi connectivity index (χ3v) is 6.61. The average Bonchev–Trinajstić information content (AvgIpc) is 2.65. The zero-order valence-electron chi connectivity index (χ0n) is 14.5. The molecule has 0 fully saturated rings. The Morgan fingerprint density at radius 2 is 1.77 bits per heavy atom. The van der Waals surface area contributed by atoms with E-state index in [-0.39, 0.29) is 10.9 Å².